The second-order valence-corrected chi connectivity index (χ2v) is 5.83. The molecule has 6 nitrogen and oxygen atoms in total. The Morgan fingerprint density at radius 3 is 2.59 bits per heavy atom. The van der Waals surface area contributed by atoms with Gasteiger partial charge in [-0.3, -0.25) is 9.59 Å². The van der Waals surface area contributed by atoms with Crippen LogP contribution in [0.3, 0.4) is 0 Å². The lowest BCUT2D eigenvalue weighted by molar-refractivity contribution is -0.116. The molecule has 0 aliphatic heterocycles. The van der Waals surface area contributed by atoms with E-state index in [1.54, 1.807) is 19.2 Å². The molecule has 1 aromatic carbocycles. The van der Waals surface area contributed by atoms with Crippen LogP contribution in [0, 0.1) is 6.92 Å². The fourth-order valence-electron chi connectivity index (χ4n) is 1.78. The van der Waals surface area contributed by atoms with Crippen LogP contribution in [0.4, 0.5) is 5.13 Å². The molecule has 22 heavy (non-hydrogen) atoms. The quantitative estimate of drug-likeness (QED) is 0.793. The van der Waals surface area contributed by atoms with E-state index in [0.29, 0.717) is 22.3 Å². The first kappa shape index (κ1) is 16.3. The Hall–Kier alpha value is -2.12. The van der Waals surface area contributed by atoms with Crippen molar-refractivity contribution in [3.63, 3.8) is 0 Å². The number of carbonyl (C=O) groups is 2. The molecule has 0 atom stereocenters. The summed E-state index contributed by atoms with van der Waals surface area (Å²) >= 11 is 1.25. The first-order valence-corrected chi connectivity index (χ1v) is 7.61. The Kier molecular flexibility index (Phi) is 5.74. The van der Waals surface area contributed by atoms with Crippen molar-refractivity contribution >= 4 is 28.2 Å². The standard InChI is InChI=1S/C15H17N3O3S/c1-10-3-5-11(6-4-10)12(19)7-8-13(20)16-15-18-17-14(22-15)9-21-2/h3-6H,7-9H2,1-2H3,(H,16,18,20). The lowest BCUT2D eigenvalue weighted by atomic mass is 10.1. The molecule has 1 heterocycles. The first-order chi connectivity index (χ1) is 10.6. The number of aromatic nitrogens is 2. The average Bonchev–Trinajstić information content (AvgIpc) is 2.93. The number of nitrogens with one attached hydrogen (secondary N) is 1. The third kappa shape index (κ3) is 4.71. The molecule has 0 unspecified atom stereocenters. The van der Waals surface area contributed by atoms with Crippen molar-refractivity contribution in [1.29, 1.82) is 0 Å². The summed E-state index contributed by atoms with van der Waals surface area (Å²) in [6.45, 7) is 2.32. The number of aryl methyl sites for hydroxylation is 1. The second kappa shape index (κ2) is 7.77. The second-order valence-electron chi connectivity index (χ2n) is 4.77. The molecule has 0 fully saturated rings. The Bertz CT molecular complexity index is 652. The topological polar surface area (TPSA) is 81.2 Å². The first-order valence-electron chi connectivity index (χ1n) is 6.79. The van der Waals surface area contributed by atoms with Gasteiger partial charge in [0.15, 0.2) is 5.78 Å². The summed E-state index contributed by atoms with van der Waals surface area (Å²) in [7, 11) is 1.57. The van der Waals surface area contributed by atoms with Gasteiger partial charge in [0, 0.05) is 25.5 Å². The van der Waals surface area contributed by atoms with Crippen molar-refractivity contribution in [3.05, 3.63) is 40.4 Å². The van der Waals surface area contributed by atoms with E-state index < -0.39 is 0 Å². The maximum absolute atomic E-state index is 12.0. The van der Waals surface area contributed by atoms with Gasteiger partial charge in [0.25, 0.3) is 0 Å². The number of hydrogen-bond donors (Lipinski definition) is 1. The average molecular weight is 319 g/mol. The van der Waals surface area contributed by atoms with E-state index in [1.807, 2.05) is 19.1 Å². The summed E-state index contributed by atoms with van der Waals surface area (Å²) < 4.78 is 4.93. The number of amides is 1. The van der Waals surface area contributed by atoms with Gasteiger partial charge in [-0.1, -0.05) is 41.2 Å². The SMILES string of the molecule is COCc1nnc(NC(=O)CCC(=O)c2ccc(C)cc2)s1. The molecule has 0 aliphatic rings. The zero-order chi connectivity index (χ0) is 15.9. The summed E-state index contributed by atoms with van der Waals surface area (Å²) in [6.07, 6.45) is 0.282. The number of benzene rings is 1. The maximum Gasteiger partial charge on any atom is 0.226 e. The number of rotatable bonds is 7. The predicted molar refractivity (Wildman–Crippen MR) is 84.0 cm³/mol. The molecule has 0 aliphatic carbocycles. The van der Waals surface area contributed by atoms with Gasteiger partial charge in [-0.25, -0.2) is 0 Å². The van der Waals surface area contributed by atoms with Crippen LogP contribution < -0.4 is 5.32 Å². The highest BCUT2D eigenvalue weighted by Gasteiger charge is 2.11. The smallest absolute Gasteiger partial charge is 0.226 e. The summed E-state index contributed by atoms with van der Waals surface area (Å²) in [5.41, 5.74) is 1.72. The highest BCUT2D eigenvalue weighted by atomic mass is 32.1. The van der Waals surface area contributed by atoms with Gasteiger partial charge in [-0.2, -0.15) is 0 Å². The molecule has 2 rings (SSSR count). The number of nitrogens with zero attached hydrogens (tertiary/aromatic N) is 2. The monoisotopic (exact) mass is 319 g/mol. The third-order valence-electron chi connectivity index (χ3n) is 2.93. The van der Waals surface area contributed by atoms with Gasteiger partial charge in [-0.05, 0) is 6.92 Å². The van der Waals surface area contributed by atoms with Crippen molar-refractivity contribution < 1.29 is 14.3 Å². The Morgan fingerprint density at radius 2 is 1.91 bits per heavy atom. The summed E-state index contributed by atoms with van der Waals surface area (Å²) in [5, 5.41) is 11.5. The van der Waals surface area contributed by atoms with Crippen LogP contribution in [0.1, 0.15) is 33.8 Å². The number of hydrogen-bond acceptors (Lipinski definition) is 6. The number of methoxy groups -OCH3 is 1. The molecular weight excluding hydrogens is 302 g/mol. The Labute approximate surface area is 132 Å². The molecular formula is C15H17N3O3S. The van der Waals surface area contributed by atoms with E-state index >= 15 is 0 Å². The van der Waals surface area contributed by atoms with Crippen molar-refractivity contribution in [2.45, 2.75) is 26.4 Å². The molecule has 1 aromatic heterocycles. The van der Waals surface area contributed by atoms with Crippen molar-refractivity contribution in [2.75, 3.05) is 12.4 Å². The highest BCUT2D eigenvalue weighted by Crippen LogP contribution is 2.16. The number of anilines is 1. The molecule has 1 N–H and O–H groups in total. The van der Waals surface area contributed by atoms with Crippen LogP contribution in [0.2, 0.25) is 0 Å². The fourth-order valence-corrected chi connectivity index (χ4v) is 2.51. The number of Topliss-reactive ketones (excluding diaryl/α,β-unsaturated/α-hetero) is 1. The zero-order valence-electron chi connectivity index (χ0n) is 12.5. The summed E-state index contributed by atoms with van der Waals surface area (Å²) in [6, 6.07) is 7.31. The molecule has 0 saturated carbocycles. The van der Waals surface area contributed by atoms with Gasteiger partial charge in [-0.15, -0.1) is 10.2 Å². The van der Waals surface area contributed by atoms with Crippen LogP contribution in [0.25, 0.3) is 0 Å². The molecule has 0 spiro atoms. The van der Waals surface area contributed by atoms with Gasteiger partial charge in [0.05, 0.1) is 0 Å². The summed E-state index contributed by atoms with van der Waals surface area (Å²) in [5.74, 6) is -0.298. The molecule has 0 saturated heterocycles. The minimum Gasteiger partial charge on any atom is -0.377 e. The normalized spacial score (nSPS) is 10.5. The number of ether oxygens (including phenoxy) is 1. The zero-order valence-corrected chi connectivity index (χ0v) is 13.3. The van der Waals surface area contributed by atoms with Gasteiger partial charge in [0.2, 0.25) is 11.0 Å². The van der Waals surface area contributed by atoms with Crippen LogP contribution in [0.5, 0.6) is 0 Å². The third-order valence-corrected chi connectivity index (χ3v) is 3.75. The minimum absolute atomic E-state index is 0.0486. The van der Waals surface area contributed by atoms with E-state index in [-0.39, 0.29) is 24.5 Å². The molecule has 7 heteroatoms. The van der Waals surface area contributed by atoms with Crippen LogP contribution in [-0.2, 0) is 16.1 Å². The molecule has 1 amide bonds. The van der Waals surface area contributed by atoms with E-state index in [9.17, 15) is 9.59 Å². The lowest BCUT2D eigenvalue weighted by Crippen LogP contribution is -2.13. The van der Waals surface area contributed by atoms with Gasteiger partial charge < -0.3 is 10.1 Å². The van der Waals surface area contributed by atoms with Crippen molar-refractivity contribution in [3.8, 4) is 0 Å². The van der Waals surface area contributed by atoms with Crippen LogP contribution >= 0.6 is 11.3 Å². The van der Waals surface area contributed by atoms with Crippen LogP contribution in [-0.4, -0.2) is 29.0 Å². The lowest BCUT2D eigenvalue weighted by Gasteiger charge is -2.02. The van der Waals surface area contributed by atoms with E-state index in [2.05, 4.69) is 15.5 Å². The number of carbonyl (C=O) groups excluding carboxylic acids is 2. The van der Waals surface area contributed by atoms with Crippen LogP contribution in [0.15, 0.2) is 24.3 Å². The van der Waals surface area contributed by atoms with Gasteiger partial charge in [0.1, 0.15) is 11.6 Å². The predicted octanol–water partition coefficient (Wildman–Crippen LogP) is 2.59. The molecule has 116 valence electrons. The highest BCUT2D eigenvalue weighted by molar-refractivity contribution is 7.15. The van der Waals surface area contributed by atoms with E-state index in [4.69, 9.17) is 4.74 Å². The Balaban J connectivity index is 1.81. The maximum atomic E-state index is 12.0. The van der Waals surface area contributed by atoms with E-state index in [0.717, 1.165) is 5.56 Å². The fraction of sp³-hybridized carbons (Fsp3) is 0.333. The van der Waals surface area contributed by atoms with Gasteiger partial charge >= 0.3 is 0 Å². The minimum atomic E-state index is -0.249. The molecule has 2 aromatic rings. The van der Waals surface area contributed by atoms with E-state index in [1.165, 1.54) is 11.3 Å². The summed E-state index contributed by atoms with van der Waals surface area (Å²) in [4.78, 5) is 23.8. The van der Waals surface area contributed by atoms with Crippen molar-refractivity contribution in [1.82, 2.24) is 10.2 Å². The largest absolute Gasteiger partial charge is 0.377 e. The molecule has 0 bridgehead atoms. The molecule has 0 radical (unpaired) electrons. The van der Waals surface area contributed by atoms with Crippen molar-refractivity contribution in [2.24, 2.45) is 0 Å². The Morgan fingerprint density at radius 1 is 1.18 bits per heavy atom. The number of ketones is 1.